The van der Waals surface area contributed by atoms with Gasteiger partial charge in [0.2, 0.25) is 0 Å². The highest BCUT2D eigenvalue weighted by Crippen LogP contribution is 2.41. The summed E-state index contributed by atoms with van der Waals surface area (Å²) in [6.45, 7) is 0. The Morgan fingerprint density at radius 1 is 0.391 bits per heavy atom. The largest absolute Gasteiger partial charge is 0.354 e. The van der Waals surface area contributed by atoms with Gasteiger partial charge < -0.3 is 4.98 Å². The van der Waals surface area contributed by atoms with Gasteiger partial charge in [-0.2, -0.15) is 0 Å². The van der Waals surface area contributed by atoms with Gasteiger partial charge in [-0.25, -0.2) is 9.98 Å². The fourth-order valence-electron chi connectivity index (χ4n) is 10.4. The number of nitrogens with zero attached hydrogens (tertiary/aromatic N) is 3. The molecule has 0 saturated heterocycles. The molecule has 0 aliphatic carbocycles. The molecule has 3 aliphatic rings. The van der Waals surface area contributed by atoms with Crippen LogP contribution in [-0.4, -0.2) is 15.1 Å². The summed E-state index contributed by atoms with van der Waals surface area (Å²) in [5.74, 6) is 0. The maximum absolute atomic E-state index is 5.72. The minimum Gasteiger partial charge on any atom is -0.354 e. The van der Waals surface area contributed by atoms with Crippen LogP contribution in [0.3, 0.4) is 0 Å². The van der Waals surface area contributed by atoms with Gasteiger partial charge in [0.15, 0.2) is 0 Å². The Morgan fingerprint density at radius 2 is 0.875 bits per heavy atom. The first-order chi connectivity index (χ1) is 31.7. The molecule has 6 heterocycles. The Balaban J connectivity index is 1.13. The molecule has 3 aromatic heterocycles. The molecule has 11 aromatic rings. The first kappa shape index (κ1) is 35.0. The monoisotopic (exact) mass is 812 g/mol. The van der Waals surface area contributed by atoms with Gasteiger partial charge in [-0.05, 0) is 132 Å². The van der Waals surface area contributed by atoms with Crippen LogP contribution in [0.2, 0.25) is 0 Å². The van der Waals surface area contributed by atoms with E-state index in [1.165, 1.54) is 48.7 Å². The van der Waals surface area contributed by atoms with Gasteiger partial charge in [-0.15, -0.1) is 0 Å². The molecule has 6 bridgehead atoms. The molecule has 4 heteroatoms. The number of rotatable bonds is 4. The predicted octanol–water partition coefficient (Wildman–Crippen LogP) is 12.1. The highest BCUT2D eigenvalue weighted by molar-refractivity contribution is 6.31. The van der Waals surface area contributed by atoms with E-state index in [0.29, 0.717) is 0 Å². The van der Waals surface area contributed by atoms with Gasteiger partial charge in [0.05, 0.1) is 28.3 Å². The number of aromatic amines is 1. The Morgan fingerprint density at radius 3 is 1.45 bits per heavy atom. The molecule has 0 amide bonds. The number of hydrogen-bond donors (Lipinski definition) is 1. The number of nitrogens with one attached hydrogen (secondary N) is 1. The third-order valence-electron chi connectivity index (χ3n) is 13.4. The highest BCUT2D eigenvalue weighted by Gasteiger charge is 2.28. The topological polar surface area (TPSA) is 44.9 Å². The summed E-state index contributed by atoms with van der Waals surface area (Å²) in [5.41, 5.74) is 15.7. The number of benzene rings is 8. The van der Waals surface area contributed by atoms with Crippen LogP contribution < -0.4 is 16.2 Å². The molecule has 4 nitrogen and oxygen atoms in total. The van der Waals surface area contributed by atoms with Crippen molar-refractivity contribution in [2.75, 3.05) is 0 Å². The number of aliphatic imine (C=N–C) groups is 1. The molecule has 64 heavy (non-hydrogen) atoms. The Hall–Kier alpha value is -8.60. The maximum Gasteiger partial charge on any atom is 0.146 e. The zero-order chi connectivity index (χ0) is 41.9. The number of allylic oxidation sites excluding steroid dienone is 3. The summed E-state index contributed by atoms with van der Waals surface area (Å²) in [4.78, 5) is 15.3. The molecule has 3 aliphatic heterocycles. The van der Waals surface area contributed by atoms with E-state index in [1.54, 1.807) is 0 Å². The molecule has 0 fully saturated rings. The lowest BCUT2D eigenvalue weighted by Crippen LogP contribution is -2.20. The first-order valence-corrected chi connectivity index (χ1v) is 21.9. The van der Waals surface area contributed by atoms with Gasteiger partial charge >= 0.3 is 0 Å². The lowest BCUT2D eigenvalue weighted by molar-refractivity contribution is 1.06. The normalized spacial score (nSPS) is 14.4. The van der Waals surface area contributed by atoms with E-state index in [-0.39, 0.29) is 0 Å². The molecule has 0 atom stereocenters. The SMILES string of the molecule is C1=CC2=C(c3ccc4ccccc4c3)c3ccc4c(-c5ccc6ccccc6c5)c5c(n34)=NC(=C5)C(c3ccc4ccccc4c3)=c3ccc([nH]3)=C(c3ccc4ccccc4c3)C1=N2. The van der Waals surface area contributed by atoms with E-state index in [2.05, 4.69) is 222 Å². The maximum atomic E-state index is 5.72. The number of hydrogen-bond acceptors (Lipinski definition) is 2. The van der Waals surface area contributed by atoms with Crippen LogP contribution >= 0.6 is 0 Å². The quantitative estimate of drug-likeness (QED) is 0.184. The second-order valence-corrected chi connectivity index (χ2v) is 17.1. The molecule has 0 unspecified atom stereocenters. The van der Waals surface area contributed by atoms with E-state index in [4.69, 9.17) is 9.98 Å². The summed E-state index contributed by atoms with van der Waals surface area (Å²) in [6.07, 6.45) is 6.72. The Bertz CT molecular complexity index is 4180. The minimum absolute atomic E-state index is 0.907. The Labute approximate surface area is 367 Å². The molecule has 0 spiro atoms. The van der Waals surface area contributed by atoms with Crippen molar-refractivity contribution >= 4 is 77.1 Å². The molecular weight excluding hydrogens is 777 g/mol. The fourth-order valence-corrected chi connectivity index (χ4v) is 10.4. The lowest BCUT2D eigenvalue weighted by Gasteiger charge is -2.13. The van der Waals surface area contributed by atoms with Crippen LogP contribution in [0.5, 0.6) is 0 Å². The van der Waals surface area contributed by atoms with E-state index in [0.717, 1.165) is 89.0 Å². The van der Waals surface area contributed by atoms with Gasteiger partial charge in [-0.1, -0.05) is 146 Å². The van der Waals surface area contributed by atoms with Gasteiger partial charge in [0, 0.05) is 38.5 Å². The number of aromatic nitrogens is 2. The first-order valence-electron chi connectivity index (χ1n) is 21.9. The van der Waals surface area contributed by atoms with E-state index < -0.39 is 0 Å². The molecular formula is C60H36N4. The predicted molar refractivity (Wildman–Crippen MR) is 265 cm³/mol. The second kappa shape index (κ2) is 13.4. The summed E-state index contributed by atoms with van der Waals surface area (Å²) >= 11 is 0. The van der Waals surface area contributed by atoms with Crippen molar-refractivity contribution in [3.63, 3.8) is 0 Å². The lowest BCUT2D eigenvalue weighted by atomic mass is 9.96. The van der Waals surface area contributed by atoms with E-state index in [1.807, 2.05) is 0 Å². The van der Waals surface area contributed by atoms with Crippen molar-refractivity contribution in [3.8, 4) is 11.1 Å². The van der Waals surface area contributed by atoms with Crippen molar-refractivity contribution < 1.29 is 0 Å². The Kier molecular flexibility index (Phi) is 7.36. The smallest absolute Gasteiger partial charge is 0.146 e. The second-order valence-electron chi connectivity index (χ2n) is 17.1. The van der Waals surface area contributed by atoms with Gasteiger partial charge in [0.1, 0.15) is 5.49 Å². The third-order valence-corrected chi connectivity index (χ3v) is 13.4. The fraction of sp³-hybridized carbons (Fsp3) is 0. The molecule has 0 saturated carbocycles. The zero-order valence-electron chi connectivity index (χ0n) is 34.5. The number of H-pyrrole nitrogens is 1. The van der Waals surface area contributed by atoms with Crippen LogP contribution in [-0.2, 0) is 0 Å². The van der Waals surface area contributed by atoms with Crippen molar-refractivity contribution in [1.29, 1.82) is 0 Å². The molecule has 8 aromatic carbocycles. The molecule has 1 N–H and O–H groups in total. The highest BCUT2D eigenvalue weighted by atomic mass is 15.0. The van der Waals surface area contributed by atoms with Gasteiger partial charge in [-0.3, -0.25) is 4.40 Å². The summed E-state index contributed by atoms with van der Waals surface area (Å²) < 4.78 is 2.39. The molecule has 14 rings (SSSR count). The van der Waals surface area contributed by atoms with Crippen LogP contribution in [0.15, 0.2) is 228 Å². The average molecular weight is 813 g/mol. The van der Waals surface area contributed by atoms with E-state index in [9.17, 15) is 0 Å². The van der Waals surface area contributed by atoms with Crippen molar-refractivity contribution in [2.45, 2.75) is 0 Å². The van der Waals surface area contributed by atoms with Crippen LogP contribution in [0.1, 0.15) is 27.9 Å². The molecule has 0 radical (unpaired) electrons. The van der Waals surface area contributed by atoms with Crippen molar-refractivity contribution in [2.24, 2.45) is 9.98 Å². The number of fused-ring (bicyclic) bond motifs is 8. The third kappa shape index (κ3) is 5.30. The standard InChI is InChI=1S/C60H36N4/c1-5-13-40-31-44(21-17-36(40)9-1)56-48-35-53-58(46-23-19-38-11-3-7-15-42(38)33-46)51-26-25-49(61-51)57(45-22-18-37-10-2-6-14-41(37)32-45)50-27-28-52(62-50)59(55-30-29-54(56)64(55)60(48)63-53)47-24-20-39-12-4-8-16-43(39)34-47/h1-35,61H. The zero-order valence-corrected chi connectivity index (χ0v) is 34.5. The summed E-state index contributed by atoms with van der Waals surface area (Å²) in [7, 11) is 0. The van der Waals surface area contributed by atoms with Crippen LogP contribution in [0.25, 0.3) is 82.5 Å². The van der Waals surface area contributed by atoms with Crippen molar-refractivity contribution in [3.05, 3.63) is 262 Å². The summed E-state index contributed by atoms with van der Waals surface area (Å²) in [6, 6.07) is 70.5. The molecule has 296 valence electrons. The summed E-state index contributed by atoms with van der Waals surface area (Å²) in [5, 5.41) is 11.6. The minimum atomic E-state index is 0.907. The van der Waals surface area contributed by atoms with E-state index >= 15 is 0 Å². The van der Waals surface area contributed by atoms with Crippen LogP contribution in [0, 0.1) is 0 Å². The van der Waals surface area contributed by atoms with Crippen molar-refractivity contribution in [1.82, 2.24) is 9.38 Å². The van der Waals surface area contributed by atoms with Crippen LogP contribution in [0.4, 0.5) is 0 Å². The van der Waals surface area contributed by atoms with Gasteiger partial charge in [0.25, 0.3) is 0 Å². The average Bonchev–Trinajstić information content (AvgIpc) is 4.20.